The summed E-state index contributed by atoms with van der Waals surface area (Å²) < 4.78 is 5.06. The molecule has 0 aromatic heterocycles. The highest BCUT2D eigenvalue weighted by Crippen LogP contribution is 2.17. The summed E-state index contributed by atoms with van der Waals surface area (Å²) in [5.41, 5.74) is 1.95. The van der Waals surface area contributed by atoms with Crippen LogP contribution in [0.4, 0.5) is 5.69 Å². The smallest absolute Gasteiger partial charge is 0.181 e. The number of rotatable bonds is 7. The van der Waals surface area contributed by atoms with Crippen molar-refractivity contribution in [3.8, 4) is 5.75 Å². The standard InChI is InChI=1S/C17H20N2O2/c1-21-17-12-10-16(11-13-17)18-19(20)14-6-5-9-15-7-3-2-4-8-15/h2-4,7-8,10-13H,5-6,9,14H2,1H3. The number of azo groups is 1. The van der Waals surface area contributed by atoms with E-state index in [9.17, 15) is 5.21 Å². The Labute approximate surface area is 125 Å². The van der Waals surface area contributed by atoms with E-state index in [1.165, 1.54) is 5.56 Å². The Balaban J connectivity index is 1.75. The Morgan fingerprint density at radius 3 is 2.38 bits per heavy atom. The second kappa shape index (κ2) is 8.04. The summed E-state index contributed by atoms with van der Waals surface area (Å²) in [5, 5.41) is 15.7. The van der Waals surface area contributed by atoms with E-state index in [1.807, 2.05) is 18.2 Å². The van der Waals surface area contributed by atoms with Gasteiger partial charge in [0.1, 0.15) is 11.4 Å². The van der Waals surface area contributed by atoms with Crippen molar-refractivity contribution in [3.63, 3.8) is 0 Å². The maximum atomic E-state index is 11.7. The molecule has 0 fully saturated rings. The van der Waals surface area contributed by atoms with Crippen LogP contribution in [0.3, 0.4) is 0 Å². The largest absolute Gasteiger partial charge is 0.600 e. The van der Waals surface area contributed by atoms with Crippen LogP contribution in [-0.2, 0) is 6.42 Å². The van der Waals surface area contributed by atoms with Gasteiger partial charge in [0.15, 0.2) is 6.54 Å². The van der Waals surface area contributed by atoms with Crippen LogP contribution in [0.1, 0.15) is 18.4 Å². The predicted octanol–water partition coefficient (Wildman–Crippen LogP) is 4.31. The molecule has 0 saturated heterocycles. The SMILES string of the molecule is COc1ccc(N=[N+]([O-])CCCCc2ccccc2)cc1. The number of aryl methyl sites for hydroxylation is 1. The topological polar surface area (TPSA) is 47.7 Å². The van der Waals surface area contributed by atoms with Crippen molar-refractivity contribution in [2.45, 2.75) is 19.3 Å². The van der Waals surface area contributed by atoms with Crippen LogP contribution in [0, 0.1) is 5.21 Å². The second-order valence-corrected chi connectivity index (χ2v) is 4.82. The zero-order chi connectivity index (χ0) is 14.9. The summed E-state index contributed by atoms with van der Waals surface area (Å²) in [7, 11) is 1.61. The molecule has 0 spiro atoms. The number of unbranched alkanes of at least 4 members (excludes halogenated alkanes) is 1. The van der Waals surface area contributed by atoms with Gasteiger partial charge in [0.2, 0.25) is 0 Å². The average Bonchev–Trinajstić information content (AvgIpc) is 2.53. The maximum absolute atomic E-state index is 11.7. The summed E-state index contributed by atoms with van der Waals surface area (Å²) in [5.74, 6) is 0.759. The first kappa shape index (κ1) is 15.0. The van der Waals surface area contributed by atoms with Crippen LogP contribution in [0.15, 0.2) is 59.7 Å². The minimum absolute atomic E-state index is 0.416. The number of hydroxylamine groups is 1. The highest BCUT2D eigenvalue weighted by molar-refractivity contribution is 5.40. The number of methoxy groups -OCH3 is 1. The zero-order valence-electron chi connectivity index (χ0n) is 12.2. The third-order valence-electron chi connectivity index (χ3n) is 3.21. The van der Waals surface area contributed by atoms with E-state index < -0.39 is 0 Å². The highest BCUT2D eigenvalue weighted by atomic mass is 16.5. The van der Waals surface area contributed by atoms with Gasteiger partial charge in [0.05, 0.1) is 7.11 Å². The van der Waals surface area contributed by atoms with E-state index >= 15 is 0 Å². The van der Waals surface area contributed by atoms with Gasteiger partial charge in [-0.05, 0) is 42.7 Å². The molecule has 0 bridgehead atoms. The van der Waals surface area contributed by atoms with Crippen molar-refractivity contribution in [2.24, 2.45) is 5.11 Å². The summed E-state index contributed by atoms with van der Waals surface area (Å²) >= 11 is 0. The molecule has 0 radical (unpaired) electrons. The van der Waals surface area contributed by atoms with E-state index in [1.54, 1.807) is 31.4 Å². The van der Waals surface area contributed by atoms with Crippen LogP contribution < -0.4 is 4.74 Å². The van der Waals surface area contributed by atoms with Crippen molar-refractivity contribution in [1.29, 1.82) is 0 Å². The summed E-state index contributed by atoms with van der Waals surface area (Å²) in [6, 6.07) is 17.4. The summed E-state index contributed by atoms with van der Waals surface area (Å²) in [6.07, 6.45) is 2.82. The van der Waals surface area contributed by atoms with Gasteiger partial charge >= 0.3 is 0 Å². The molecule has 0 atom stereocenters. The molecule has 0 aliphatic rings. The molecule has 0 amide bonds. The van der Waals surface area contributed by atoms with Crippen molar-refractivity contribution in [3.05, 3.63) is 65.4 Å². The fraction of sp³-hybridized carbons (Fsp3) is 0.294. The molecule has 4 heteroatoms. The molecule has 2 rings (SSSR count). The lowest BCUT2D eigenvalue weighted by atomic mass is 10.1. The van der Waals surface area contributed by atoms with Gasteiger partial charge in [-0.2, -0.15) is 0 Å². The Bertz CT molecular complexity index is 565. The molecule has 0 N–H and O–H groups in total. The van der Waals surface area contributed by atoms with Gasteiger partial charge in [-0.25, -0.2) is 0 Å². The van der Waals surface area contributed by atoms with Crippen LogP contribution in [0.2, 0.25) is 0 Å². The van der Waals surface area contributed by atoms with Crippen LogP contribution in [-0.4, -0.2) is 18.5 Å². The maximum Gasteiger partial charge on any atom is 0.181 e. The average molecular weight is 284 g/mol. The van der Waals surface area contributed by atoms with E-state index in [0.717, 1.165) is 29.9 Å². The summed E-state index contributed by atoms with van der Waals surface area (Å²) in [4.78, 5) is 0.757. The molecule has 0 unspecified atom stereocenters. The van der Waals surface area contributed by atoms with Crippen LogP contribution >= 0.6 is 0 Å². The molecule has 21 heavy (non-hydrogen) atoms. The Hall–Kier alpha value is -2.36. The molecule has 2 aromatic rings. The van der Waals surface area contributed by atoms with Crippen molar-refractivity contribution in [2.75, 3.05) is 13.7 Å². The third kappa shape index (κ3) is 5.26. The van der Waals surface area contributed by atoms with E-state index in [0.29, 0.717) is 12.2 Å². The van der Waals surface area contributed by atoms with E-state index in [4.69, 9.17) is 4.74 Å². The molecule has 0 aliphatic heterocycles. The van der Waals surface area contributed by atoms with E-state index in [-0.39, 0.29) is 0 Å². The van der Waals surface area contributed by atoms with Crippen molar-refractivity contribution < 1.29 is 9.60 Å². The molecule has 2 aromatic carbocycles. The molecular weight excluding hydrogens is 264 g/mol. The third-order valence-corrected chi connectivity index (χ3v) is 3.21. The van der Waals surface area contributed by atoms with Gasteiger partial charge in [-0.15, -0.1) is 0 Å². The minimum Gasteiger partial charge on any atom is -0.600 e. The van der Waals surface area contributed by atoms with Crippen LogP contribution in [0.5, 0.6) is 5.75 Å². The first-order valence-corrected chi connectivity index (χ1v) is 7.12. The Kier molecular flexibility index (Phi) is 5.76. The quantitative estimate of drug-likeness (QED) is 0.329. The number of hydrogen-bond donors (Lipinski definition) is 0. The number of ether oxygens (including phenoxy) is 1. The zero-order valence-corrected chi connectivity index (χ0v) is 12.2. The summed E-state index contributed by atoms with van der Waals surface area (Å²) in [6.45, 7) is 0.416. The fourth-order valence-electron chi connectivity index (χ4n) is 2.05. The molecule has 0 heterocycles. The monoisotopic (exact) mass is 284 g/mol. The fourth-order valence-corrected chi connectivity index (χ4v) is 2.05. The minimum atomic E-state index is 0.416. The Morgan fingerprint density at radius 2 is 1.71 bits per heavy atom. The number of benzene rings is 2. The number of hydrogen-bond acceptors (Lipinski definition) is 3. The van der Waals surface area contributed by atoms with Gasteiger partial charge in [0, 0.05) is 11.5 Å². The lowest BCUT2D eigenvalue weighted by molar-refractivity contribution is -0.525. The molecule has 0 saturated carbocycles. The first-order valence-electron chi connectivity index (χ1n) is 7.12. The predicted molar refractivity (Wildman–Crippen MR) is 83.0 cm³/mol. The van der Waals surface area contributed by atoms with Gasteiger partial charge in [-0.3, -0.25) is 0 Å². The van der Waals surface area contributed by atoms with E-state index in [2.05, 4.69) is 17.2 Å². The second-order valence-electron chi connectivity index (χ2n) is 4.82. The lowest BCUT2D eigenvalue weighted by Gasteiger charge is -2.03. The molecule has 110 valence electrons. The molecule has 4 nitrogen and oxygen atoms in total. The Morgan fingerprint density at radius 1 is 1.00 bits per heavy atom. The highest BCUT2D eigenvalue weighted by Gasteiger charge is 2.00. The first-order chi connectivity index (χ1) is 10.3. The molecule has 0 aliphatic carbocycles. The molecular formula is C17H20N2O2. The van der Waals surface area contributed by atoms with Gasteiger partial charge < -0.3 is 9.94 Å². The number of nitrogens with zero attached hydrogens (tertiary/aromatic N) is 2. The van der Waals surface area contributed by atoms with Gasteiger partial charge in [-0.1, -0.05) is 35.2 Å². The van der Waals surface area contributed by atoms with Crippen molar-refractivity contribution in [1.82, 2.24) is 0 Å². The van der Waals surface area contributed by atoms with Crippen molar-refractivity contribution >= 4 is 5.69 Å². The lowest BCUT2D eigenvalue weighted by Crippen LogP contribution is -2.02. The van der Waals surface area contributed by atoms with Crippen LogP contribution in [0.25, 0.3) is 0 Å². The normalized spacial score (nSPS) is 11.4. The van der Waals surface area contributed by atoms with Gasteiger partial charge in [0.25, 0.3) is 0 Å².